The molecule has 0 fully saturated rings. The van der Waals surface area contributed by atoms with E-state index >= 15 is 0 Å². The fourth-order valence-corrected chi connectivity index (χ4v) is 3.74. The lowest BCUT2D eigenvalue weighted by Crippen LogP contribution is -2.39. The number of hydrogen-bond donors (Lipinski definition) is 1. The topological polar surface area (TPSA) is 78.8 Å². The van der Waals surface area contributed by atoms with Crippen molar-refractivity contribution in [2.24, 2.45) is 5.10 Å². The first-order valence-electron chi connectivity index (χ1n) is 7.89. The molecule has 0 heterocycles. The number of hydrazone groups is 1. The molecule has 0 aliphatic rings. The van der Waals surface area contributed by atoms with Crippen molar-refractivity contribution in [3.05, 3.63) is 63.1 Å². The average molecular weight is 428 g/mol. The molecule has 0 saturated carbocycles. The summed E-state index contributed by atoms with van der Waals surface area (Å²) in [6.07, 6.45) is 2.41. The van der Waals surface area contributed by atoms with E-state index < -0.39 is 22.5 Å². The number of sulfonamides is 1. The molecule has 2 rings (SSSR count). The number of benzene rings is 2. The first-order chi connectivity index (χ1) is 12.6. The summed E-state index contributed by atoms with van der Waals surface area (Å²) in [5, 5.41) is 4.69. The molecule has 6 nitrogen and oxygen atoms in total. The molecule has 0 atom stereocenters. The molecule has 9 heteroatoms. The van der Waals surface area contributed by atoms with E-state index in [2.05, 4.69) is 10.5 Å². The van der Waals surface area contributed by atoms with Gasteiger partial charge in [0.25, 0.3) is 5.91 Å². The largest absolute Gasteiger partial charge is 0.271 e. The summed E-state index contributed by atoms with van der Waals surface area (Å²) in [4.78, 5) is 12.2. The lowest BCUT2D eigenvalue weighted by molar-refractivity contribution is -0.119. The van der Waals surface area contributed by atoms with Gasteiger partial charge in [-0.3, -0.25) is 9.10 Å². The van der Waals surface area contributed by atoms with Crippen LogP contribution in [-0.4, -0.2) is 33.3 Å². The summed E-state index contributed by atoms with van der Waals surface area (Å²) in [7, 11) is -3.65. The van der Waals surface area contributed by atoms with E-state index in [0.717, 1.165) is 21.7 Å². The van der Waals surface area contributed by atoms with E-state index in [4.69, 9.17) is 23.2 Å². The van der Waals surface area contributed by atoms with E-state index in [1.165, 1.54) is 6.21 Å². The van der Waals surface area contributed by atoms with Gasteiger partial charge in [-0.15, -0.1) is 0 Å². The summed E-state index contributed by atoms with van der Waals surface area (Å²) in [6, 6.07) is 10.2. The van der Waals surface area contributed by atoms with Crippen molar-refractivity contribution in [1.29, 1.82) is 0 Å². The lowest BCUT2D eigenvalue weighted by atomic mass is 10.1. The Morgan fingerprint density at radius 2 is 1.78 bits per heavy atom. The molecule has 0 unspecified atom stereocenters. The van der Waals surface area contributed by atoms with Gasteiger partial charge in [0.1, 0.15) is 6.54 Å². The zero-order chi connectivity index (χ0) is 20.2. The Balaban J connectivity index is 2.13. The molecule has 0 bridgehead atoms. The highest BCUT2D eigenvalue weighted by molar-refractivity contribution is 7.92. The van der Waals surface area contributed by atoms with Crippen LogP contribution in [0.1, 0.15) is 16.7 Å². The SMILES string of the molecule is Cc1cc(C)cc(N(CC(=O)N/N=C\c2ccc(Cl)cc2Cl)S(C)(=O)=O)c1. The molecule has 0 aromatic heterocycles. The smallest absolute Gasteiger partial charge is 0.260 e. The maximum Gasteiger partial charge on any atom is 0.260 e. The molecule has 144 valence electrons. The number of nitrogens with one attached hydrogen (secondary N) is 1. The van der Waals surface area contributed by atoms with Gasteiger partial charge in [0.2, 0.25) is 10.0 Å². The van der Waals surface area contributed by atoms with Crippen LogP contribution in [0.2, 0.25) is 10.0 Å². The quantitative estimate of drug-likeness (QED) is 0.565. The number of carbonyl (C=O) groups is 1. The number of amides is 1. The molecule has 1 N–H and O–H groups in total. The molecule has 2 aromatic carbocycles. The minimum atomic E-state index is -3.65. The molecule has 27 heavy (non-hydrogen) atoms. The summed E-state index contributed by atoms with van der Waals surface area (Å²) in [5.41, 5.74) is 5.09. The van der Waals surface area contributed by atoms with Crippen LogP contribution in [-0.2, 0) is 14.8 Å². The lowest BCUT2D eigenvalue weighted by Gasteiger charge is -2.22. The Kier molecular flexibility index (Phi) is 6.86. The van der Waals surface area contributed by atoms with E-state index in [1.54, 1.807) is 30.3 Å². The van der Waals surface area contributed by atoms with Crippen molar-refractivity contribution in [3.8, 4) is 0 Å². The molecule has 0 spiro atoms. The zero-order valence-electron chi connectivity index (χ0n) is 15.0. The Morgan fingerprint density at radius 3 is 2.33 bits per heavy atom. The molecular weight excluding hydrogens is 409 g/mol. The average Bonchev–Trinajstić information content (AvgIpc) is 2.52. The van der Waals surface area contributed by atoms with Crippen LogP contribution in [0.5, 0.6) is 0 Å². The van der Waals surface area contributed by atoms with Crippen LogP contribution in [0, 0.1) is 13.8 Å². The van der Waals surface area contributed by atoms with Crippen LogP contribution in [0.15, 0.2) is 41.5 Å². The Bertz CT molecular complexity index is 971. The number of rotatable bonds is 6. The standard InChI is InChI=1S/C18H19Cl2N3O3S/c1-12-6-13(2)8-16(7-12)23(27(3,25)26)11-18(24)22-21-10-14-4-5-15(19)9-17(14)20/h4-10H,11H2,1-3H3,(H,22,24)/b21-10-. The van der Waals surface area contributed by atoms with Gasteiger partial charge in [0.15, 0.2) is 0 Å². The van der Waals surface area contributed by atoms with Gasteiger partial charge in [-0.1, -0.05) is 35.3 Å². The van der Waals surface area contributed by atoms with Crippen LogP contribution in [0.3, 0.4) is 0 Å². The van der Waals surface area contributed by atoms with Crippen molar-refractivity contribution < 1.29 is 13.2 Å². The molecule has 1 amide bonds. The van der Waals surface area contributed by atoms with E-state index in [1.807, 2.05) is 19.9 Å². The van der Waals surface area contributed by atoms with Crippen LogP contribution in [0.25, 0.3) is 0 Å². The number of anilines is 1. The number of hydrogen-bond acceptors (Lipinski definition) is 4. The number of nitrogens with zero attached hydrogens (tertiary/aromatic N) is 2. The van der Waals surface area contributed by atoms with Crippen LogP contribution >= 0.6 is 23.2 Å². The van der Waals surface area contributed by atoms with Gasteiger partial charge in [-0.25, -0.2) is 13.8 Å². The fourth-order valence-electron chi connectivity index (χ4n) is 2.44. The highest BCUT2D eigenvalue weighted by Crippen LogP contribution is 2.21. The summed E-state index contributed by atoms with van der Waals surface area (Å²) in [6.45, 7) is 3.32. The van der Waals surface area contributed by atoms with Crippen LogP contribution < -0.4 is 9.73 Å². The first-order valence-corrected chi connectivity index (χ1v) is 10.5. The van der Waals surface area contributed by atoms with Crippen molar-refractivity contribution >= 4 is 51.0 Å². The maximum absolute atomic E-state index is 12.2. The van der Waals surface area contributed by atoms with Gasteiger partial charge >= 0.3 is 0 Å². The van der Waals surface area contributed by atoms with Gasteiger partial charge in [0, 0.05) is 10.6 Å². The second-order valence-corrected chi connectivity index (χ2v) is 8.83. The number of aryl methyl sites for hydroxylation is 2. The van der Waals surface area contributed by atoms with Crippen molar-refractivity contribution in [3.63, 3.8) is 0 Å². The minimum absolute atomic E-state index is 0.383. The number of halogens is 2. The Hall–Kier alpha value is -2.09. The van der Waals surface area contributed by atoms with E-state index in [0.29, 0.717) is 21.3 Å². The van der Waals surface area contributed by atoms with Gasteiger partial charge in [-0.05, 0) is 49.2 Å². The third kappa shape index (κ3) is 6.23. The molecular formula is C18H19Cl2N3O3S. The molecule has 0 radical (unpaired) electrons. The van der Waals surface area contributed by atoms with Crippen molar-refractivity contribution in [2.45, 2.75) is 13.8 Å². The highest BCUT2D eigenvalue weighted by Gasteiger charge is 2.21. The zero-order valence-corrected chi connectivity index (χ0v) is 17.4. The highest BCUT2D eigenvalue weighted by atomic mass is 35.5. The minimum Gasteiger partial charge on any atom is -0.271 e. The molecule has 2 aromatic rings. The third-order valence-electron chi connectivity index (χ3n) is 3.54. The first kappa shape index (κ1) is 21.2. The summed E-state index contributed by atoms with van der Waals surface area (Å²) < 4.78 is 25.3. The molecule has 0 aliphatic carbocycles. The van der Waals surface area contributed by atoms with E-state index in [9.17, 15) is 13.2 Å². The predicted octanol–water partition coefficient (Wildman–Crippen LogP) is 3.53. The molecule has 0 saturated heterocycles. The van der Waals surface area contributed by atoms with Gasteiger partial charge < -0.3 is 0 Å². The normalized spacial score (nSPS) is 11.6. The monoisotopic (exact) mass is 427 g/mol. The fraction of sp³-hybridized carbons (Fsp3) is 0.222. The van der Waals surface area contributed by atoms with Gasteiger partial charge in [0.05, 0.1) is 23.2 Å². The maximum atomic E-state index is 12.2. The third-order valence-corrected chi connectivity index (χ3v) is 5.24. The predicted molar refractivity (Wildman–Crippen MR) is 110 cm³/mol. The second kappa shape index (κ2) is 8.73. The Labute approximate surface area is 168 Å². The van der Waals surface area contributed by atoms with Gasteiger partial charge in [-0.2, -0.15) is 5.10 Å². The molecule has 0 aliphatic heterocycles. The van der Waals surface area contributed by atoms with E-state index in [-0.39, 0.29) is 0 Å². The summed E-state index contributed by atoms with van der Waals surface area (Å²) >= 11 is 11.8. The van der Waals surface area contributed by atoms with Crippen molar-refractivity contribution in [2.75, 3.05) is 17.1 Å². The second-order valence-electron chi connectivity index (χ2n) is 6.07. The van der Waals surface area contributed by atoms with Crippen LogP contribution in [0.4, 0.5) is 5.69 Å². The number of carbonyl (C=O) groups excluding carboxylic acids is 1. The van der Waals surface area contributed by atoms with Crippen molar-refractivity contribution in [1.82, 2.24) is 5.43 Å². The Morgan fingerprint density at radius 1 is 1.15 bits per heavy atom. The summed E-state index contributed by atoms with van der Waals surface area (Å²) in [5.74, 6) is -0.582.